The van der Waals surface area contributed by atoms with E-state index in [0.717, 1.165) is 45.5 Å². The van der Waals surface area contributed by atoms with E-state index >= 15 is 0 Å². The zero-order valence-corrected chi connectivity index (χ0v) is 19.1. The van der Waals surface area contributed by atoms with Crippen molar-refractivity contribution in [1.82, 2.24) is 10.3 Å². The number of fused-ring (bicyclic) bond motifs is 1. The Morgan fingerprint density at radius 2 is 1.66 bits per heavy atom. The van der Waals surface area contributed by atoms with Crippen molar-refractivity contribution >= 4 is 16.8 Å². The highest BCUT2D eigenvalue weighted by atomic mass is 16.1. The first-order valence-electron chi connectivity index (χ1n) is 12.3. The fourth-order valence-corrected chi connectivity index (χ4v) is 7.45. The van der Waals surface area contributed by atoms with Crippen LogP contribution in [0.25, 0.3) is 22.2 Å². The molecule has 1 unspecified atom stereocenters. The highest BCUT2D eigenvalue weighted by Gasteiger charge is 2.53. The lowest BCUT2D eigenvalue weighted by Crippen LogP contribution is -2.55. The van der Waals surface area contributed by atoms with E-state index in [1.165, 1.54) is 44.1 Å². The van der Waals surface area contributed by atoms with E-state index in [-0.39, 0.29) is 11.9 Å². The van der Waals surface area contributed by atoms with Gasteiger partial charge in [-0.3, -0.25) is 4.79 Å². The quantitative estimate of drug-likeness (QED) is 0.516. The molecule has 1 amide bonds. The average molecular weight is 425 g/mol. The molecule has 1 N–H and O–H groups in total. The summed E-state index contributed by atoms with van der Waals surface area (Å²) < 4.78 is 0. The van der Waals surface area contributed by atoms with E-state index in [4.69, 9.17) is 4.98 Å². The number of para-hydroxylation sites is 1. The Bertz CT molecular complexity index is 1160. The van der Waals surface area contributed by atoms with Gasteiger partial charge in [0.2, 0.25) is 0 Å². The van der Waals surface area contributed by atoms with Crippen LogP contribution in [0.15, 0.2) is 54.6 Å². The summed E-state index contributed by atoms with van der Waals surface area (Å²) in [5, 5.41) is 4.40. The minimum atomic E-state index is 0.0424. The minimum absolute atomic E-state index is 0.0424. The molecule has 4 aliphatic rings. The lowest BCUT2D eigenvalue weighted by atomic mass is 9.48. The normalized spacial score (nSPS) is 29.2. The second kappa shape index (κ2) is 7.43. The summed E-state index contributed by atoms with van der Waals surface area (Å²) in [7, 11) is 0. The van der Waals surface area contributed by atoms with Gasteiger partial charge in [0.1, 0.15) is 0 Å². The number of aromatic nitrogens is 1. The van der Waals surface area contributed by atoms with Crippen LogP contribution in [-0.2, 0) is 0 Å². The number of nitrogens with zero attached hydrogens (tertiary/aromatic N) is 1. The summed E-state index contributed by atoms with van der Waals surface area (Å²) in [4.78, 5) is 18.6. The first kappa shape index (κ1) is 20.0. The van der Waals surface area contributed by atoms with Crippen molar-refractivity contribution in [3.8, 4) is 11.3 Å². The third-order valence-electron chi connectivity index (χ3n) is 8.63. The number of amides is 1. The van der Waals surface area contributed by atoms with Gasteiger partial charge in [-0.1, -0.05) is 42.0 Å². The molecule has 1 aromatic heterocycles. The lowest BCUT2D eigenvalue weighted by Gasteiger charge is -2.59. The molecule has 4 bridgehead atoms. The van der Waals surface area contributed by atoms with Crippen LogP contribution in [0.5, 0.6) is 0 Å². The molecule has 164 valence electrons. The summed E-state index contributed by atoms with van der Waals surface area (Å²) in [5.41, 5.74) is 5.02. The number of carbonyl (C=O) groups is 1. The van der Waals surface area contributed by atoms with Gasteiger partial charge in [-0.15, -0.1) is 0 Å². The Hall–Kier alpha value is -2.68. The summed E-state index contributed by atoms with van der Waals surface area (Å²) in [6.07, 6.45) is 8.17. The van der Waals surface area contributed by atoms with Crippen molar-refractivity contribution in [3.05, 3.63) is 65.7 Å². The monoisotopic (exact) mass is 424 g/mol. The molecule has 4 fully saturated rings. The molecule has 3 heteroatoms. The highest BCUT2D eigenvalue weighted by Crippen LogP contribution is 2.61. The predicted octanol–water partition coefficient (Wildman–Crippen LogP) is 6.54. The van der Waals surface area contributed by atoms with Gasteiger partial charge in [0, 0.05) is 17.0 Å². The van der Waals surface area contributed by atoms with Gasteiger partial charge < -0.3 is 5.32 Å². The van der Waals surface area contributed by atoms with Gasteiger partial charge >= 0.3 is 0 Å². The van der Waals surface area contributed by atoms with Crippen LogP contribution >= 0.6 is 0 Å². The number of aryl methyl sites for hydroxylation is 1. The first-order chi connectivity index (χ1) is 15.5. The number of rotatable bonds is 4. The maximum absolute atomic E-state index is 13.7. The van der Waals surface area contributed by atoms with E-state index in [1.807, 2.05) is 30.3 Å². The molecule has 3 aromatic rings. The van der Waals surface area contributed by atoms with Crippen LogP contribution in [0.2, 0.25) is 0 Å². The Morgan fingerprint density at radius 3 is 2.34 bits per heavy atom. The molecule has 0 aliphatic heterocycles. The van der Waals surface area contributed by atoms with Gasteiger partial charge in [-0.2, -0.15) is 0 Å². The van der Waals surface area contributed by atoms with E-state index in [0.29, 0.717) is 5.41 Å². The summed E-state index contributed by atoms with van der Waals surface area (Å²) in [5.74, 6) is 2.70. The summed E-state index contributed by atoms with van der Waals surface area (Å²) in [6.45, 7) is 4.35. The van der Waals surface area contributed by atoms with E-state index < -0.39 is 0 Å². The van der Waals surface area contributed by atoms with Crippen molar-refractivity contribution in [2.24, 2.45) is 23.2 Å². The molecule has 2 aromatic carbocycles. The highest BCUT2D eigenvalue weighted by molar-refractivity contribution is 6.07. The third kappa shape index (κ3) is 3.34. The van der Waals surface area contributed by atoms with Crippen molar-refractivity contribution in [1.29, 1.82) is 0 Å². The second-order valence-corrected chi connectivity index (χ2v) is 10.9. The molecule has 3 nitrogen and oxygen atoms in total. The molecule has 32 heavy (non-hydrogen) atoms. The standard InChI is InChI=1S/C29H32N2O/c1-18-6-5-7-23(10-18)27-14-25(24-8-3-4-9-26(24)31-27)28(32)30-19(2)29-15-20-11-21(16-29)13-22(12-20)17-29/h3-10,14,19-22H,11-13,15-17H2,1-2H3,(H,30,32). The molecule has 0 radical (unpaired) electrons. The molecule has 0 spiro atoms. The zero-order chi connectivity index (χ0) is 21.9. The van der Waals surface area contributed by atoms with Crippen molar-refractivity contribution in [2.45, 2.75) is 58.4 Å². The molecule has 1 atom stereocenters. The largest absolute Gasteiger partial charge is 0.349 e. The van der Waals surface area contributed by atoms with Crippen LogP contribution in [-0.4, -0.2) is 16.9 Å². The number of nitrogens with one attached hydrogen (secondary N) is 1. The topological polar surface area (TPSA) is 42.0 Å². The molecular weight excluding hydrogens is 392 g/mol. The number of carbonyl (C=O) groups excluding carboxylic acids is 1. The zero-order valence-electron chi connectivity index (χ0n) is 19.1. The maximum Gasteiger partial charge on any atom is 0.252 e. The van der Waals surface area contributed by atoms with Crippen molar-refractivity contribution < 1.29 is 4.79 Å². The maximum atomic E-state index is 13.7. The average Bonchev–Trinajstić information content (AvgIpc) is 2.77. The van der Waals surface area contributed by atoms with Crippen LogP contribution in [0, 0.1) is 30.1 Å². The second-order valence-electron chi connectivity index (χ2n) is 10.9. The third-order valence-corrected chi connectivity index (χ3v) is 8.63. The van der Waals surface area contributed by atoms with Crippen molar-refractivity contribution in [2.75, 3.05) is 0 Å². The molecule has 1 heterocycles. The lowest BCUT2D eigenvalue weighted by molar-refractivity contribution is -0.0687. The Labute approximate surface area is 190 Å². The number of hydrogen-bond acceptors (Lipinski definition) is 2. The molecule has 7 rings (SSSR count). The number of hydrogen-bond donors (Lipinski definition) is 1. The van der Waals surface area contributed by atoms with Gasteiger partial charge in [0.05, 0.1) is 16.8 Å². The van der Waals surface area contributed by atoms with E-state index in [2.05, 4.69) is 43.4 Å². The molecule has 0 saturated heterocycles. The smallest absolute Gasteiger partial charge is 0.252 e. The Morgan fingerprint density at radius 1 is 0.969 bits per heavy atom. The first-order valence-corrected chi connectivity index (χ1v) is 12.3. The fraction of sp³-hybridized carbons (Fsp3) is 0.448. The van der Waals surface area contributed by atoms with Crippen molar-refractivity contribution in [3.63, 3.8) is 0 Å². The van der Waals surface area contributed by atoms with Gasteiger partial charge in [-0.25, -0.2) is 4.98 Å². The summed E-state index contributed by atoms with van der Waals surface area (Å²) in [6, 6.07) is 18.6. The minimum Gasteiger partial charge on any atom is -0.349 e. The van der Waals surface area contributed by atoms with Crippen LogP contribution in [0.3, 0.4) is 0 Å². The molecule has 4 saturated carbocycles. The van der Waals surface area contributed by atoms with Gasteiger partial charge in [0.15, 0.2) is 0 Å². The number of pyridine rings is 1. The summed E-state index contributed by atoms with van der Waals surface area (Å²) >= 11 is 0. The predicted molar refractivity (Wildman–Crippen MR) is 129 cm³/mol. The number of benzene rings is 2. The fourth-order valence-electron chi connectivity index (χ4n) is 7.45. The SMILES string of the molecule is Cc1cccc(-c2cc(C(=O)NC(C)C34CC5CC(CC(C5)C3)C4)c3ccccc3n2)c1. The Balaban J connectivity index is 1.34. The Kier molecular flexibility index (Phi) is 4.64. The molecule has 4 aliphatic carbocycles. The van der Waals surface area contributed by atoms with Crippen LogP contribution in [0.1, 0.15) is 61.4 Å². The van der Waals surface area contributed by atoms with Crippen LogP contribution in [0.4, 0.5) is 0 Å². The van der Waals surface area contributed by atoms with Crippen LogP contribution < -0.4 is 5.32 Å². The van der Waals surface area contributed by atoms with Gasteiger partial charge in [-0.05, 0) is 93.7 Å². The van der Waals surface area contributed by atoms with E-state index in [1.54, 1.807) is 0 Å². The van der Waals surface area contributed by atoms with E-state index in [9.17, 15) is 4.79 Å². The molecular formula is C29H32N2O. The van der Waals surface area contributed by atoms with Gasteiger partial charge in [0.25, 0.3) is 5.91 Å².